The lowest BCUT2D eigenvalue weighted by Crippen LogP contribution is -2.29. The lowest BCUT2D eigenvalue weighted by Gasteiger charge is -2.15. The van der Waals surface area contributed by atoms with Crippen LogP contribution < -0.4 is 4.90 Å². The Bertz CT molecular complexity index is 1000. The van der Waals surface area contributed by atoms with Gasteiger partial charge in [-0.25, -0.2) is 4.90 Å². The quantitative estimate of drug-likeness (QED) is 0.497. The van der Waals surface area contributed by atoms with Crippen molar-refractivity contribution in [3.63, 3.8) is 0 Å². The van der Waals surface area contributed by atoms with E-state index in [0.717, 1.165) is 12.0 Å². The van der Waals surface area contributed by atoms with Gasteiger partial charge in [0.05, 0.1) is 16.8 Å². The first kappa shape index (κ1) is 13.3. The van der Waals surface area contributed by atoms with Crippen LogP contribution in [0.3, 0.4) is 0 Å². The third-order valence-corrected chi connectivity index (χ3v) is 4.83. The largest absolute Gasteiger partial charge is 0.268 e. The first-order valence-electron chi connectivity index (χ1n) is 7.93. The van der Waals surface area contributed by atoms with Crippen molar-refractivity contribution in [3.05, 3.63) is 89.0 Å². The number of amides is 2. The van der Waals surface area contributed by atoms with Crippen LogP contribution in [0, 0.1) is 0 Å². The minimum Gasteiger partial charge on any atom is -0.268 e. The minimum absolute atomic E-state index is 0.244. The summed E-state index contributed by atoms with van der Waals surface area (Å²) in [5.41, 5.74) is 6.47. The van der Waals surface area contributed by atoms with Crippen LogP contribution in [0.1, 0.15) is 31.8 Å². The van der Waals surface area contributed by atoms with Gasteiger partial charge in [-0.3, -0.25) is 9.59 Å². The van der Waals surface area contributed by atoms with E-state index >= 15 is 0 Å². The molecule has 3 nitrogen and oxygen atoms in total. The number of carbonyl (C=O) groups excluding carboxylic acids is 2. The Morgan fingerprint density at radius 1 is 0.625 bits per heavy atom. The van der Waals surface area contributed by atoms with Gasteiger partial charge in [0.1, 0.15) is 0 Å². The number of benzene rings is 3. The van der Waals surface area contributed by atoms with Crippen molar-refractivity contribution in [1.29, 1.82) is 0 Å². The van der Waals surface area contributed by atoms with Gasteiger partial charge in [-0.15, -0.1) is 0 Å². The molecule has 0 saturated carbocycles. The molecule has 0 radical (unpaired) electrons. The average molecular weight is 311 g/mol. The molecule has 1 heterocycles. The molecule has 0 fully saturated rings. The highest BCUT2D eigenvalue weighted by atomic mass is 16.2. The molecule has 0 spiro atoms. The van der Waals surface area contributed by atoms with Gasteiger partial charge in [0.2, 0.25) is 0 Å². The van der Waals surface area contributed by atoms with Crippen LogP contribution in [-0.2, 0) is 6.42 Å². The summed E-state index contributed by atoms with van der Waals surface area (Å²) in [6.45, 7) is 0. The molecule has 5 rings (SSSR count). The van der Waals surface area contributed by atoms with Crippen molar-refractivity contribution in [2.45, 2.75) is 6.42 Å². The van der Waals surface area contributed by atoms with Crippen LogP contribution in [0.15, 0.2) is 66.7 Å². The van der Waals surface area contributed by atoms with Crippen molar-refractivity contribution >= 4 is 17.5 Å². The molecule has 2 amide bonds. The van der Waals surface area contributed by atoms with Crippen molar-refractivity contribution in [2.24, 2.45) is 0 Å². The molecule has 3 aromatic carbocycles. The smallest absolute Gasteiger partial charge is 0.266 e. The highest BCUT2D eigenvalue weighted by Crippen LogP contribution is 2.39. The second-order valence-electron chi connectivity index (χ2n) is 6.17. The third-order valence-electron chi connectivity index (χ3n) is 4.83. The summed E-state index contributed by atoms with van der Waals surface area (Å²) in [6.07, 6.45) is 0.836. The van der Waals surface area contributed by atoms with Crippen LogP contribution in [-0.4, -0.2) is 11.8 Å². The monoisotopic (exact) mass is 311 g/mol. The van der Waals surface area contributed by atoms with E-state index in [1.165, 1.54) is 21.6 Å². The van der Waals surface area contributed by atoms with Crippen molar-refractivity contribution < 1.29 is 9.59 Å². The second-order valence-corrected chi connectivity index (χ2v) is 6.17. The molecule has 114 valence electrons. The number of hydrogen-bond acceptors (Lipinski definition) is 2. The van der Waals surface area contributed by atoms with Gasteiger partial charge in [0.15, 0.2) is 0 Å². The van der Waals surface area contributed by atoms with Gasteiger partial charge < -0.3 is 0 Å². The van der Waals surface area contributed by atoms with Crippen LogP contribution in [0.25, 0.3) is 11.1 Å². The highest BCUT2D eigenvalue weighted by molar-refractivity contribution is 6.34. The van der Waals surface area contributed by atoms with Crippen molar-refractivity contribution in [1.82, 2.24) is 0 Å². The zero-order chi connectivity index (χ0) is 16.3. The lowest BCUT2D eigenvalue weighted by molar-refractivity contribution is 0.0926. The van der Waals surface area contributed by atoms with Gasteiger partial charge in [-0.1, -0.05) is 42.5 Å². The average Bonchev–Trinajstić information content (AvgIpc) is 3.10. The summed E-state index contributed by atoms with van der Waals surface area (Å²) >= 11 is 0. The van der Waals surface area contributed by atoms with E-state index in [1.807, 2.05) is 30.3 Å². The summed E-state index contributed by atoms with van der Waals surface area (Å²) in [4.78, 5) is 26.5. The maximum atomic E-state index is 12.6. The van der Waals surface area contributed by atoms with E-state index in [9.17, 15) is 9.59 Å². The maximum absolute atomic E-state index is 12.6. The van der Waals surface area contributed by atoms with E-state index in [1.54, 1.807) is 24.3 Å². The standard InChI is InChI=1S/C21H13NO2/c23-20-18-7-3-4-8-19(18)21(24)22(20)15-9-10-17-14(12-15)11-13-5-1-2-6-16(13)17/h1-10,12H,11H2. The number of hydrogen-bond donors (Lipinski definition) is 0. The Morgan fingerprint density at radius 3 is 1.92 bits per heavy atom. The second kappa shape index (κ2) is 4.65. The van der Waals surface area contributed by atoms with Gasteiger partial charge in [-0.2, -0.15) is 0 Å². The van der Waals surface area contributed by atoms with Crippen LogP contribution >= 0.6 is 0 Å². The molecule has 1 aliphatic heterocycles. The van der Waals surface area contributed by atoms with Crippen LogP contribution in [0.4, 0.5) is 5.69 Å². The number of rotatable bonds is 1. The number of anilines is 1. The fourth-order valence-corrected chi connectivity index (χ4v) is 3.69. The molecule has 0 N–H and O–H groups in total. The van der Waals surface area contributed by atoms with Crippen LogP contribution in [0.5, 0.6) is 0 Å². The van der Waals surface area contributed by atoms with E-state index in [4.69, 9.17) is 0 Å². The molecule has 0 atom stereocenters. The van der Waals surface area contributed by atoms with E-state index in [2.05, 4.69) is 12.1 Å². The molecule has 0 bridgehead atoms. The third kappa shape index (κ3) is 1.67. The topological polar surface area (TPSA) is 37.4 Å². The van der Waals surface area contributed by atoms with Crippen LogP contribution in [0.2, 0.25) is 0 Å². The molecule has 3 heteroatoms. The Kier molecular flexibility index (Phi) is 2.57. The number of fused-ring (bicyclic) bond motifs is 4. The summed E-state index contributed by atoms with van der Waals surface area (Å²) in [7, 11) is 0. The van der Waals surface area contributed by atoms with Gasteiger partial charge in [-0.05, 0) is 52.9 Å². The number of carbonyl (C=O) groups is 2. The fourth-order valence-electron chi connectivity index (χ4n) is 3.69. The summed E-state index contributed by atoms with van der Waals surface area (Å²) in [5, 5.41) is 0. The van der Waals surface area contributed by atoms with E-state index in [0.29, 0.717) is 16.8 Å². The molecule has 24 heavy (non-hydrogen) atoms. The van der Waals surface area contributed by atoms with Crippen molar-refractivity contribution in [3.8, 4) is 11.1 Å². The molecular formula is C21H13NO2. The zero-order valence-electron chi connectivity index (χ0n) is 12.8. The normalized spacial score (nSPS) is 14.6. The Hall–Kier alpha value is -3.20. The number of nitrogens with zero attached hydrogens (tertiary/aromatic N) is 1. The Labute approximate surface area is 139 Å². The van der Waals surface area contributed by atoms with E-state index in [-0.39, 0.29) is 11.8 Å². The first-order chi connectivity index (χ1) is 11.7. The minimum atomic E-state index is -0.244. The molecular weight excluding hydrogens is 298 g/mol. The maximum Gasteiger partial charge on any atom is 0.266 e. The van der Waals surface area contributed by atoms with Crippen molar-refractivity contribution in [2.75, 3.05) is 4.90 Å². The lowest BCUT2D eigenvalue weighted by atomic mass is 10.1. The predicted octanol–water partition coefficient (Wildman–Crippen LogP) is 4.06. The molecule has 2 aliphatic rings. The molecule has 0 saturated heterocycles. The summed E-state index contributed by atoms with van der Waals surface area (Å²) in [5.74, 6) is -0.489. The molecule has 0 unspecified atom stereocenters. The number of imide groups is 1. The summed E-state index contributed by atoms with van der Waals surface area (Å²) < 4.78 is 0. The molecule has 0 aromatic heterocycles. The fraction of sp³-hybridized carbons (Fsp3) is 0.0476. The van der Waals surface area contributed by atoms with E-state index < -0.39 is 0 Å². The Morgan fingerprint density at radius 2 is 1.21 bits per heavy atom. The summed E-state index contributed by atoms with van der Waals surface area (Å²) in [6, 6.07) is 21.1. The first-order valence-corrected chi connectivity index (χ1v) is 7.93. The van der Waals surface area contributed by atoms with Gasteiger partial charge >= 0.3 is 0 Å². The highest BCUT2D eigenvalue weighted by Gasteiger charge is 2.36. The zero-order valence-corrected chi connectivity index (χ0v) is 12.8. The van der Waals surface area contributed by atoms with Gasteiger partial charge in [0.25, 0.3) is 11.8 Å². The SMILES string of the molecule is O=C1c2ccccc2C(=O)N1c1ccc2c(c1)Cc1ccccc1-2. The molecule has 3 aromatic rings. The van der Waals surface area contributed by atoms with Gasteiger partial charge in [0, 0.05) is 0 Å². The Balaban J connectivity index is 1.60. The molecule has 1 aliphatic carbocycles. The predicted molar refractivity (Wildman–Crippen MR) is 92.3 cm³/mol.